The highest BCUT2D eigenvalue weighted by atomic mass is 79.9. The van der Waals surface area contributed by atoms with Gasteiger partial charge in [0, 0.05) is 0 Å². The molecule has 1 aromatic heterocycles. The molecule has 0 bridgehead atoms. The summed E-state index contributed by atoms with van der Waals surface area (Å²) in [5.41, 5.74) is 0. The van der Waals surface area contributed by atoms with Crippen molar-refractivity contribution in [2.45, 2.75) is 0 Å². The topological polar surface area (TPSA) is 44.2 Å². The largest absolute Gasteiger partial charge is 0.497 e. The van der Waals surface area contributed by atoms with E-state index in [1.807, 2.05) is 0 Å². The molecule has 0 N–H and O–H groups in total. The van der Waals surface area contributed by atoms with Crippen LogP contribution in [0.15, 0.2) is 35.1 Å². The van der Waals surface area contributed by atoms with Crippen molar-refractivity contribution in [1.29, 1.82) is 0 Å². The van der Waals surface area contributed by atoms with Crippen molar-refractivity contribution in [1.82, 2.24) is 9.97 Å². The van der Waals surface area contributed by atoms with E-state index in [4.69, 9.17) is 21.1 Å². The van der Waals surface area contributed by atoms with Crippen LogP contribution in [-0.4, -0.2) is 17.1 Å². The third kappa shape index (κ3) is 3.08. The Bertz CT molecular complexity index is 537. The first-order chi connectivity index (χ1) is 8.19. The third-order valence-corrected chi connectivity index (χ3v) is 2.74. The van der Waals surface area contributed by atoms with Crippen LogP contribution in [0, 0.1) is 0 Å². The minimum atomic E-state index is 0.284. The zero-order valence-corrected chi connectivity index (χ0v) is 11.2. The second kappa shape index (κ2) is 5.33. The molecule has 0 saturated heterocycles. The summed E-state index contributed by atoms with van der Waals surface area (Å²) in [6, 6.07) is 5.36. The standard InChI is InChI=1S/C11H8BrClN2O2/c1-16-7-2-3-9(8(12)4-7)17-11-6-14-5-10(13)15-11/h2-6H,1H3. The van der Waals surface area contributed by atoms with E-state index in [9.17, 15) is 0 Å². The lowest BCUT2D eigenvalue weighted by Gasteiger charge is -2.07. The van der Waals surface area contributed by atoms with E-state index in [0.29, 0.717) is 11.6 Å². The highest BCUT2D eigenvalue weighted by Crippen LogP contribution is 2.31. The van der Waals surface area contributed by atoms with Crippen LogP contribution in [0.5, 0.6) is 17.4 Å². The van der Waals surface area contributed by atoms with Crippen molar-refractivity contribution < 1.29 is 9.47 Å². The van der Waals surface area contributed by atoms with E-state index in [2.05, 4.69) is 25.9 Å². The van der Waals surface area contributed by atoms with Gasteiger partial charge in [0.2, 0.25) is 5.88 Å². The van der Waals surface area contributed by atoms with Gasteiger partial charge in [-0.15, -0.1) is 0 Å². The summed E-state index contributed by atoms with van der Waals surface area (Å²) in [6.07, 6.45) is 2.93. The summed E-state index contributed by atoms with van der Waals surface area (Å²) < 4.78 is 11.4. The van der Waals surface area contributed by atoms with Gasteiger partial charge < -0.3 is 9.47 Å². The Morgan fingerprint density at radius 1 is 1.29 bits per heavy atom. The molecule has 1 heterocycles. The molecule has 1 aromatic carbocycles. The number of methoxy groups -OCH3 is 1. The molecule has 0 aliphatic heterocycles. The number of benzene rings is 1. The Labute approximate surface area is 112 Å². The van der Waals surface area contributed by atoms with Gasteiger partial charge in [0.1, 0.15) is 11.5 Å². The minimum Gasteiger partial charge on any atom is -0.497 e. The normalized spacial score (nSPS) is 10.1. The van der Waals surface area contributed by atoms with Gasteiger partial charge in [-0.3, -0.25) is 4.98 Å². The first-order valence-corrected chi connectivity index (χ1v) is 5.85. The monoisotopic (exact) mass is 314 g/mol. The van der Waals surface area contributed by atoms with Gasteiger partial charge >= 0.3 is 0 Å². The Morgan fingerprint density at radius 2 is 2.12 bits per heavy atom. The number of hydrogen-bond donors (Lipinski definition) is 0. The van der Waals surface area contributed by atoms with Crippen LogP contribution in [0.4, 0.5) is 0 Å². The highest BCUT2D eigenvalue weighted by molar-refractivity contribution is 9.10. The molecule has 0 amide bonds. The molecule has 0 fully saturated rings. The molecule has 0 radical (unpaired) electrons. The lowest BCUT2D eigenvalue weighted by atomic mass is 10.3. The Balaban J connectivity index is 2.24. The fourth-order valence-electron chi connectivity index (χ4n) is 1.18. The summed E-state index contributed by atoms with van der Waals surface area (Å²) >= 11 is 9.09. The molecule has 6 heteroatoms. The van der Waals surface area contributed by atoms with Crippen LogP contribution in [0.2, 0.25) is 5.15 Å². The van der Waals surface area contributed by atoms with Crippen molar-refractivity contribution in [2.24, 2.45) is 0 Å². The van der Waals surface area contributed by atoms with E-state index in [-0.39, 0.29) is 5.15 Å². The number of aromatic nitrogens is 2. The van der Waals surface area contributed by atoms with Gasteiger partial charge in [0.15, 0.2) is 5.15 Å². The van der Waals surface area contributed by atoms with Gasteiger partial charge in [0.25, 0.3) is 0 Å². The molecule has 0 atom stereocenters. The molecule has 0 aliphatic rings. The number of ether oxygens (including phenoxy) is 2. The van der Waals surface area contributed by atoms with Crippen molar-refractivity contribution in [3.63, 3.8) is 0 Å². The maximum atomic E-state index is 5.71. The highest BCUT2D eigenvalue weighted by Gasteiger charge is 2.06. The average Bonchev–Trinajstić information content (AvgIpc) is 2.32. The molecule has 0 aliphatic carbocycles. The van der Waals surface area contributed by atoms with E-state index in [1.165, 1.54) is 12.4 Å². The zero-order valence-electron chi connectivity index (χ0n) is 8.85. The molecular formula is C11H8BrClN2O2. The first kappa shape index (κ1) is 12.1. The molecule has 88 valence electrons. The minimum absolute atomic E-state index is 0.284. The Hall–Kier alpha value is -1.33. The van der Waals surface area contributed by atoms with Gasteiger partial charge in [-0.25, -0.2) is 0 Å². The van der Waals surface area contributed by atoms with Gasteiger partial charge in [-0.1, -0.05) is 11.6 Å². The maximum absolute atomic E-state index is 5.71. The first-order valence-electron chi connectivity index (χ1n) is 4.68. The van der Waals surface area contributed by atoms with E-state index in [0.717, 1.165) is 10.2 Å². The summed E-state index contributed by atoms with van der Waals surface area (Å²) in [6.45, 7) is 0. The molecule has 0 unspecified atom stereocenters. The number of hydrogen-bond acceptors (Lipinski definition) is 4. The molecule has 17 heavy (non-hydrogen) atoms. The second-order valence-electron chi connectivity index (χ2n) is 3.08. The van der Waals surface area contributed by atoms with Crippen LogP contribution in [0.1, 0.15) is 0 Å². The second-order valence-corrected chi connectivity index (χ2v) is 4.32. The molecular weight excluding hydrogens is 307 g/mol. The van der Waals surface area contributed by atoms with Crippen LogP contribution < -0.4 is 9.47 Å². The van der Waals surface area contributed by atoms with Crippen LogP contribution >= 0.6 is 27.5 Å². The van der Waals surface area contributed by atoms with Crippen molar-refractivity contribution in [3.05, 3.63) is 40.2 Å². The Morgan fingerprint density at radius 3 is 2.76 bits per heavy atom. The van der Waals surface area contributed by atoms with Crippen molar-refractivity contribution in [2.75, 3.05) is 7.11 Å². The fourth-order valence-corrected chi connectivity index (χ4v) is 1.76. The smallest absolute Gasteiger partial charge is 0.239 e. The van der Waals surface area contributed by atoms with Crippen LogP contribution in [0.3, 0.4) is 0 Å². The van der Waals surface area contributed by atoms with Crippen molar-refractivity contribution >= 4 is 27.5 Å². The van der Waals surface area contributed by atoms with Gasteiger partial charge in [0.05, 0.1) is 24.0 Å². The summed E-state index contributed by atoms with van der Waals surface area (Å²) in [5, 5.41) is 0.284. The summed E-state index contributed by atoms with van der Waals surface area (Å²) in [5.74, 6) is 1.69. The average molecular weight is 316 g/mol. The summed E-state index contributed by atoms with van der Waals surface area (Å²) in [4.78, 5) is 7.87. The van der Waals surface area contributed by atoms with E-state index < -0.39 is 0 Å². The molecule has 2 aromatic rings. The molecule has 0 saturated carbocycles. The molecule has 2 rings (SSSR count). The van der Waals surface area contributed by atoms with Crippen molar-refractivity contribution in [3.8, 4) is 17.4 Å². The van der Waals surface area contributed by atoms with Gasteiger partial charge in [-0.2, -0.15) is 4.98 Å². The lowest BCUT2D eigenvalue weighted by molar-refractivity contribution is 0.411. The molecule has 0 spiro atoms. The van der Waals surface area contributed by atoms with E-state index in [1.54, 1.807) is 25.3 Å². The number of halogens is 2. The summed E-state index contributed by atoms with van der Waals surface area (Å²) in [7, 11) is 1.60. The number of nitrogens with zero attached hydrogens (tertiary/aromatic N) is 2. The third-order valence-electron chi connectivity index (χ3n) is 1.94. The van der Waals surface area contributed by atoms with Crippen LogP contribution in [-0.2, 0) is 0 Å². The SMILES string of the molecule is COc1ccc(Oc2cncc(Cl)n2)c(Br)c1. The van der Waals surface area contributed by atoms with Crippen LogP contribution in [0.25, 0.3) is 0 Å². The maximum Gasteiger partial charge on any atom is 0.239 e. The fraction of sp³-hybridized carbons (Fsp3) is 0.0909. The molecule has 4 nitrogen and oxygen atoms in total. The quantitative estimate of drug-likeness (QED) is 0.866. The lowest BCUT2D eigenvalue weighted by Crippen LogP contribution is -1.91. The predicted octanol–water partition coefficient (Wildman–Crippen LogP) is 3.69. The Kier molecular flexibility index (Phi) is 3.81. The zero-order chi connectivity index (χ0) is 12.3. The van der Waals surface area contributed by atoms with E-state index >= 15 is 0 Å². The number of rotatable bonds is 3. The predicted molar refractivity (Wildman–Crippen MR) is 67.8 cm³/mol. The van der Waals surface area contributed by atoms with Gasteiger partial charge in [-0.05, 0) is 34.1 Å².